The van der Waals surface area contributed by atoms with Gasteiger partial charge in [-0.15, -0.1) is 0 Å². The van der Waals surface area contributed by atoms with Crippen LogP contribution in [-0.4, -0.2) is 26.2 Å². The van der Waals surface area contributed by atoms with Crippen molar-refractivity contribution in [3.8, 4) is 0 Å². The lowest BCUT2D eigenvalue weighted by Crippen LogP contribution is -2.35. The number of pyridine rings is 1. The number of nitrogens with one attached hydrogen (secondary N) is 1. The van der Waals surface area contributed by atoms with Crippen LogP contribution in [0.2, 0.25) is 0 Å². The number of carbonyl (C=O) groups excluding carboxylic acids is 1. The molecule has 0 aliphatic carbocycles. The molecule has 0 saturated heterocycles. The highest BCUT2D eigenvalue weighted by atomic mass is 19.1. The summed E-state index contributed by atoms with van der Waals surface area (Å²) < 4.78 is 13.9. The molecule has 2 aromatic heterocycles. The molecule has 1 atom stereocenters. The molecule has 0 radical (unpaired) electrons. The average molecular weight is 416 g/mol. The van der Waals surface area contributed by atoms with E-state index in [1.165, 1.54) is 36.2 Å². The van der Waals surface area contributed by atoms with Crippen LogP contribution in [0.3, 0.4) is 0 Å². The molecule has 3 heterocycles. The molecule has 1 unspecified atom stereocenters. The summed E-state index contributed by atoms with van der Waals surface area (Å²) in [4.78, 5) is 30.5. The van der Waals surface area contributed by atoms with Crippen molar-refractivity contribution in [1.29, 1.82) is 0 Å². The summed E-state index contributed by atoms with van der Waals surface area (Å²) in [5.74, 6) is -1.10. The summed E-state index contributed by atoms with van der Waals surface area (Å²) >= 11 is 0. The standard InChI is InChI=1S/C23H17FN4O3/c1-23(31)18-7-6-14(24)10-20(18)28(22(23)30)15-8-13(11-25-12-15)9-19-16-4-2-3-5-17(16)21(29)27-26-19/h2-8,10-12,31H,9H2,1H3,(H,27,29). The number of hydrogen-bond acceptors (Lipinski definition) is 5. The molecule has 8 heteroatoms. The SMILES string of the molecule is CC1(O)C(=O)N(c2cncc(Cc3n[nH]c(=O)c4ccccc34)c2)c2cc(F)ccc21. The number of anilines is 2. The Hall–Kier alpha value is -3.91. The number of rotatable bonds is 3. The molecule has 154 valence electrons. The van der Waals surface area contributed by atoms with E-state index in [1.54, 1.807) is 24.4 Å². The minimum absolute atomic E-state index is 0.269. The fourth-order valence-electron chi connectivity index (χ4n) is 3.99. The van der Waals surface area contributed by atoms with Crippen LogP contribution >= 0.6 is 0 Å². The Kier molecular flexibility index (Phi) is 4.19. The first-order valence-electron chi connectivity index (χ1n) is 9.63. The molecule has 2 N–H and O–H groups in total. The quantitative estimate of drug-likeness (QED) is 0.535. The highest BCUT2D eigenvalue weighted by Crippen LogP contribution is 2.44. The Morgan fingerprint density at radius 1 is 1.10 bits per heavy atom. The number of halogens is 1. The Balaban J connectivity index is 1.57. The zero-order valence-corrected chi connectivity index (χ0v) is 16.5. The number of hydrogen-bond donors (Lipinski definition) is 2. The number of benzene rings is 2. The molecule has 31 heavy (non-hydrogen) atoms. The molecule has 0 fully saturated rings. The highest BCUT2D eigenvalue weighted by molar-refractivity contribution is 6.11. The summed E-state index contributed by atoms with van der Waals surface area (Å²) in [5.41, 5.74) is 0.366. The van der Waals surface area contributed by atoms with Gasteiger partial charge in [0.25, 0.3) is 11.5 Å². The van der Waals surface area contributed by atoms with Gasteiger partial charge in [0.15, 0.2) is 5.60 Å². The van der Waals surface area contributed by atoms with Crippen LogP contribution in [0.25, 0.3) is 10.8 Å². The molecule has 1 aliphatic rings. The van der Waals surface area contributed by atoms with E-state index >= 15 is 0 Å². The number of nitrogens with zero attached hydrogens (tertiary/aromatic N) is 3. The molecule has 4 aromatic rings. The summed E-state index contributed by atoms with van der Waals surface area (Å²) in [6, 6.07) is 12.8. The molecule has 2 aromatic carbocycles. The van der Waals surface area contributed by atoms with Gasteiger partial charge in [-0.05, 0) is 36.8 Å². The monoisotopic (exact) mass is 416 g/mol. The van der Waals surface area contributed by atoms with E-state index in [1.807, 2.05) is 12.1 Å². The Morgan fingerprint density at radius 3 is 2.68 bits per heavy atom. The third-order valence-corrected chi connectivity index (χ3v) is 5.53. The van der Waals surface area contributed by atoms with Crippen LogP contribution in [0, 0.1) is 5.82 Å². The highest BCUT2D eigenvalue weighted by Gasteiger charge is 2.47. The number of aromatic amines is 1. The van der Waals surface area contributed by atoms with Crippen LogP contribution < -0.4 is 10.5 Å². The molecule has 1 amide bonds. The smallest absolute Gasteiger partial charge is 0.272 e. The van der Waals surface area contributed by atoms with Crippen molar-refractivity contribution >= 4 is 28.1 Å². The fraction of sp³-hybridized carbons (Fsp3) is 0.130. The Labute approximate surface area is 175 Å². The average Bonchev–Trinajstić information content (AvgIpc) is 2.95. The molecule has 0 saturated carbocycles. The van der Waals surface area contributed by atoms with Crippen molar-refractivity contribution in [3.63, 3.8) is 0 Å². The zero-order chi connectivity index (χ0) is 21.8. The molecule has 5 rings (SSSR count). The number of amides is 1. The fourth-order valence-corrected chi connectivity index (χ4v) is 3.99. The molecule has 7 nitrogen and oxygen atoms in total. The van der Waals surface area contributed by atoms with Gasteiger partial charge in [-0.1, -0.05) is 24.3 Å². The second-order valence-corrected chi connectivity index (χ2v) is 7.65. The minimum Gasteiger partial charge on any atom is -0.375 e. The van der Waals surface area contributed by atoms with Crippen molar-refractivity contribution in [2.24, 2.45) is 0 Å². The van der Waals surface area contributed by atoms with Crippen LogP contribution in [0.1, 0.15) is 23.7 Å². The second-order valence-electron chi connectivity index (χ2n) is 7.65. The normalized spacial score (nSPS) is 17.9. The first-order valence-corrected chi connectivity index (χ1v) is 9.63. The summed E-state index contributed by atoms with van der Waals surface area (Å²) in [6.45, 7) is 1.39. The van der Waals surface area contributed by atoms with Gasteiger partial charge >= 0.3 is 0 Å². The first-order chi connectivity index (χ1) is 14.9. The van der Waals surface area contributed by atoms with Gasteiger partial charge in [0, 0.05) is 23.6 Å². The van der Waals surface area contributed by atoms with E-state index in [-0.39, 0.29) is 11.2 Å². The third kappa shape index (κ3) is 3.00. The van der Waals surface area contributed by atoms with Crippen molar-refractivity contribution in [2.75, 3.05) is 4.90 Å². The minimum atomic E-state index is -1.77. The summed E-state index contributed by atoms with van der Waals surface area (Å²) in [6.07, 6.45) is 3.47. The van der Waals surface area contributed by atoms with Gasteiger partial charge in [-0.3, -0.25) is 19.5 Å². The van der Waals surface area contributed by atoms with Gasteiger partial charge < -0.3 is 5.11 Å². The largest absolute Gasteiger partial charge is 0.375 e. The molecule has 1 aliphatic heterocycles. The number of aromatic nitrogens is 3. The second kappa shape index (κ2) is 6.82. The maximum absolute atomic E-state index is 13.9. The number of fused-ring (bicyclic) bond motifs is 2. The summed E-state index contributed by atoms with van der Waals surface area (Å²) in [5, 5.41) is 18.7. The van der Waals surface area contributed by atoms with Crippen LogP contribution in [0.5, 0.6) is 0 Å². The van der Waals surface area contributed by atoms with Crippen LogP contribution in [-0.2, 0) is 16.8 Å². The number of aliphatic hydroxyl groups is 1. The van der Waals surface area contributed by atoms with Gasteiger partial charge in [-0.25, -0.2) is 9.49 Å². The predicted molar refractivity (Wildman–Crippen MR) is 113 cm³/mol. The first kappa shape index (κ1) is 19.1. The summed E-state index contributed by atoms with van der Waals surface area (Å²) in [7, 11) is 0. The van der Waals surface area contributed by atoms with Gasteiger partial charge in [0.1, 0.15) is 5.82 Å². The van der Waals surface area contributed by atoms with Crippen molar-refractivity contribution < 1.29 is 14.3 Å². The van der Waals surface area contributed by atoms with Crippen LogP contribution in [0.15, 0.2) is 65.7 Å². The number of H-pyrrole nitrogens is 1. The third-order valence-electron chi connectivity index (χ3n) is 5.53. The van der Waals surface area contributed by atoms with Crippen molar-refractivity contribution in [3.05, 3.63) is 93.9 Å². The van der Waals surface area contributed by atoms with E-state index < -0.39 is 17.3 Å². The van der Waals surface area contributed by atoms with Crippen LogP contribution in [0.4, 0.5) is 15.8 Å². The van der Waals surface area contributed by atoms with E-state index in [2.05, 4.69) is 15.2 Å². The molecule has 0 spiro atoms. The maximum Gasteiger partial charge on any atom is 0.272 e. The lowest BCUT2D eigenvalue weighted by atomic mass is 9.98. The van der Waals surface area contributed by atoms with E-state index in [0.29, 0.717) is 28.8 Å². The Morgan fingerprint density at radius 2 is 1.87 bits per heavy atom. The van der Waals surface area contributed by atoms with Crippen molar-refractivity contribution in [2.45, 2.75) is 18.9 Å². The molecular formula is C23H17FN4O3. The Bertz CT molecular complexity index is 1410. The van der Waals surface area contributed by atoms with Gasteiger partial charge in [-0.2, -0.15) is 5.10 Å². The maximum atomic E-state index is 13.9. The lowest BCUT2D eigenvalue weighted by molar-refractivity contribution is -0.133. The lowest BCUT2D eigenvalue weighted by Gasteiger charge is -2.20. The predicted octanol–water partition coefficient (Wildman–Crippen LogP) is 2.93. The topological polar surface area (TPSA) is 99.2 Å². The van der Waals surface area contributed by atoms with E-state index in [4.69, 9.17) is 0 Å². The van der Waals surface area contributed by atoms with Gasteiger partial charge in [0.2, 0.25) is 0 Å². The van der Waals surface area contributed by atoms with E-state index in [0.717, 1.165) is 10.9 Å². The number of carbonyl (C=O) groups is 1. The van der Waals surface area contributed by atoms with Crippen molar-refractivity contribution in [1.82, 2.24) is 15.2 Å². The molecule has 0 bridgehead atoms. The van der Waals surface area contributed by atoms with Gasteiger partial charge in [0.05, 0.1) is 28.7 Å². The molecular weight excluding hydrogens is 399 g/mol. The van der Waals surface area contributed by atoms with E-state index in [9.17, 15) is 19.1 Å². The zero-order valence-electron chi connectivity index (χ0n) is 16.5.